The predicted octanol–water partition coefficient (Wildman–Crippen LogP) is 2.44. The summed E-state index contributed by atoms with van der Waals surface area (Å²) < 4.78 is 10.2. The van der Waals surface area contributed by atoms with E-state index in [4.69, 9.17) is 9.47 Å². The average Bonchev–Trinajstić information content (AvgIpc) is 3.09. The van der Waals surface area contributed by atoms with Crippen molar-refractivity contribution in [3.8, 4) is 0 Å². The van der Waals surface area contributed by atoms with Gasteiger partial charge in [0, 0.05) is 31.0 Å². The minimum absolute atomic E-state index is 0.236. The number of carbonyl (C=O) groups excluding carboxylic acids is 2. The second kappa shape index (κ2) is 8.93. The van der Waals surface area contributed by atoms with Crippen LogP contribution >= 0.6 is 0 Å². The van der Waals surface area contributed by atoms with Gasteiger partial charge in [0.25, 0.3) is 5.91 Å². The number of morpholine rings is 1. The summed E-state index contributed by atoms with van der Waals surface area (Å²) in [6.07, 6.45) is 0.613. The third-order valence-electron chi connectivity index (χ3n) is 5.06. The number of nitrogens with one attached hydrogen (secondary N) is 2. The molecule has 0 spiro atoms. The zero-order valence-corrected chi connectivity index (χ0v) is 16.6. The number of ether oxygens (including phenoxy) is 2. The van der Waals surface area contributed by atoms with E-state index in [2.05, 4.69) is 27.3 Å². The summed E-state index contributed by atoms with van der Waals surface area (Å²) >= 11 is 0. The molecule has 0 bridgehead atoms. The first-order valence-electron chi connectivity index (χ1n) is 9.54. The highest BCUT2D eigenvalue weighted by molar-refractivity contribution is 6.00. The Morgan fingerprint density at radius 1 is 1.21 bits per heavy atom. The van der Waals surface area contributed by atoms with Crippen molar-refractivity contribution in [1.82, 2.24) is 10.3 Å². The van der Waals surface area contributed by atoms with Crippen LogP contribution in [0, 0.1) is 6.92 Å². The number of nitrogens with zero attached hydrogens (tertiary/aromatic N) is 1. The molecule has 1 fully saturated rings. The third-order valence-corrected chi connectivity index (χ3v) is 5.06. The fourth-order valence-corrected chi connectivity index (χ4v) is 3.45. The largest absolute Gasteiger partial charge is 0.465 e. The molecule has 1 aromatic carbocycles. The highest BCUT2D eigenvalue weighted by Gasteiger charge is 2.23. The number of aromatic nitrogens is 1. The maximum Gasteiger partial charge on any atom is 0.339 e. The van der Waals surface area contributed by atoms with Crippen LogP contribution in [-0.4, -0.2) is 50.3 Å². The zero-order valence-electron chi connectivity index (χ0n) is 16.6. The molecule has 1 aromatic heterocycles. The number of aryl methyl sites for hydroxylation is 1. The number of hydrogen-bond donors (Lipinski definition) is 2. The van der Waals surface area contributed by atoms with E-state index in [9.17, 15) is 9.59 Å². The molecule has 28 heavy (non-hydrogen) atoms. The molecule has 150 valence electrons. The van der Waals surface area contributed by atoms with Crippen molar-refractivity contribution in [2.45, 2.75) is 26.8 Å². The molecule has 7 nitrogen and oxygen atoms in total. The third kappa shape index (κ3) is 4.20. The van der Waals surface area contributed by atoms with Gasteiger partial charge >= 0.3 is 5.97 Å². The Kier molecular flexibility index (Phi) is 6.36. The van der Waals surface area contributed by atoms with Gasteiger partial charge in [-0.15, -0.1) is 0 Å². The first kappa shape index (κ1) is 19.9. The maximum atomic E-state index is 12.6. The normalized spacial score (nSPS) is 14.0. The van der Waals surface area contributed by atoms with Gasteiger partial charge in [0.1, 0.15) is 5.69 Å². The number of methoxy groups -OCH3 is 1. The molecule has 0 saturated carbocycles. The van der Waals surface area contributed by atoms with E-state index < -0.39 is 5.97 Å². The van der Waals surface area contributed by atoms with E-state index in [1.807, 2.05) is 19.1 Å². The molecule has 0 atom stereocenters. The van der Waals surface area contributed by atoms with Crippen LogP contribution in [0.1, 0.15) is 44.6 Å². The summed E-state index contributed by atoms with van der Waals surface area (Å²) in [5.41, 5.74) is 4.35. The van der Waals surface area contributed by atoms with Crippen molar-refractivity contribution in [3.05, 3.63) is 52.3 Å². The van der Waals surface area contributed by atoms with Crippen LogP contribution in [0.15, 0.2) is 24.3 Å². The Morgan fingerprint density at radius 2 is 1.89 bits per heavy atom. The molecule has 2 heterocycles. The SMILES string of the molecule is CCc1[nH]c(C(=O)NCc2ccc(N3CCOCC3)cc2)c(C)c1C(=O)OC. The van der Waals surface area contributed by atoms with E-state index in [0.717, 1.165) is 37.6 Å². The van der Waals surface area contributed by atoms with Gasteiger partial charge in [0.05, 0.1) is 25.9 Å². The standard InChI is InChI=1S/C21H27N3O4/c1-4-17-18(21(26)27-3)14(2)19(23-17)20(25)22-13-15-5-7-16(8-6-15)24-9-11-28-12-10-24/h5-8,23H,4,9-13H2,1-3H3,(H,22,25). The molecule has 0 unspecified atom stereocenters. The number of amides is 1. The monoisotopic (exact) mass is 385 g/mol. The maximum absolute atomic E-state index is 12.6. The number of anilines is 1. The lowest BCUT2D eigenvalue weighted by atomic mass is 10.1. The number of hydrogen-bond acceptors (Lipinski definition) is 5. The molecular formula is C21H27N3O4. The fraction of sp³-hybridized carbons (Fsp3) is 0.429. The van der Waals surface area contributed by atoms with Crippen LogP contribution < -0.4 is 10.2 Å². The molecular weight excluding hydrogens is 358 g/mol. The fourth-order valence-electron chi connectivity index (χ4n) is 3.45. The average molecular weight is 385 g/mol. The minimum atomic E-state index is -0.427. The van der Waals surface area contributed by atoms with E-state index in [1.54, 1.807) is 6.92 Å². The molecule has 1 aliphatic rings. The summed E-state index contributed by atoms with van der Waals surface area (Å²) in [5, 5.41) is 2.92. The molecule has 0 radical (unpaired) electrons. The van der Waals surface area contributed by atoms with E-state index >= 15 is 0 Å². The van der Waals surface area contributed by atoms with Crippen LogP contribution in [0.25, 0.3) is 0 Å². The molecule has 3 rings (SSSR count). The van der Waals surface area contributed by atoms with Gasteiger partial charge in [-0.25, -0.2) is 4.79 Å². The van der Waals surface area contributed by atoms with E-state index in [0.29, 0.717) is 35.5 Å². The minimum Gasteiger partial charge on any atom is -0.465 e. The van der Waals surface area contributed by atoms with Crippen molar-refractivity contribution in [2.24, 2.45) is 0 Å². The molecule has 1 amide bonds. The molecule has 1 aliphatic heterocycles. The van der Waals surface area contributed by atoms with Gasteiger partial charge in [-0.1, -0.05) is 19.1 Å². The Balaban J connectivity index is 1.65. The van der Waals surface area contributed by atoms with Crippen molar-refractivity contribution >= 4 is 17.6 Å². The topological polar surface area (TPSA) is 83.7 Å². The second-order valence-corrected chi connectivity index (χ2v) is 6.77. The van der Waals surface area contributed by atoms with Crippen LogP contribution in [0.2, 0.25) is 0 Å². The number of carbonyl (C=O) groups is 2. The van der Waals surface area contributed by atoms with Crippen molar-refractivity contribution < 1.29 is 19.1 Å². The van der Waals surface area contributed by atoms with Crippen molar-refractivity contribution in [3.63, 3.8) is 0 Å². The number of benzene rings is 1. The van der Waals surface area contributed by atoms with Crippen LogP contribution in [0.4, 0.5) is 5.69 Å². The first-order chi connectivity index (χ1) is 13.5. The lowest BCUT2D eigenvalue weighted by Crippen LogP contribution is -2.36. The Bertz CT molecular complexity index is 836. The van der Waals surface area contributed by atoms with Gasteiger partial charge in [0.2, 0.25) is 0 Å². The smallest absolute Gasteiger partial charge is 0.339 e. The highest BCUT2D eigenvalue weighted by Crippen LogP contribution is 2.21. The van der Waals surface area contributed by atoms with Crippen LogP contribution in [0.5, 0.6) is 0 Å². The molecule has 2 aromatic rings. The molecule has 1 saturated heterocycles. The number of H-pyrrole nitrogens is 1. The quantitative estimate of drug-likeness (QED) is 0.746. The summed E-state index contributed by atoms with van der Waals surface area (Å²) in [4.78, 5) is 30.0. The molecule has 0 aliphatic carbocycles. The number of rotatable bonds is 6. The molecule has 7 heteroatoms. The van der Waals surface area contributed by atoms with E-state index in [1.165, 1.54) is 7.11 Å². The molecule has 2 N–H and O–H groups in total. The summed E-state index contributed by atoms with van der Waals surface area (Å²) in [5.74, 6) is -0.664. The van der Waals surface area contributed by atoms with Gasteiger partial charge in [0.15, 0.2) is 0 Å². The summed E-state index contributed by atoms with van der Waals surface area (Å²) in [7, 11) is 1.34. The zero-order chi connectivity index (χ0) is 20.1. The van der Waals surface area contributed by atoms with Gasteiger partial charge < -0.3 is 24.7 Å². The lowest BCUT2D eigenvalue weighted by Gasteiger charge is -2.28. The van der Waals surface area contributed by atoms with Gasteiger partial charge in [-0.05, 0) is 36.6 Å². The number of esters is 1. The van der Waals surface area contributed by atoms with E-state index in [-0.39, 0.29) is 5.91 Å². The Morgan fingerprint density at radius 3 is 2.50 bits per heavy atom. The Labute approximate surface area is 165 Å². The first-order valence-corrected chi connectivity index (χ1v) is 9.54. The highest BCUT2D eigenvalue weighted by atomic mass is 16.5. The lowest BCUT2D eigenvalue weighted by molar-refractivity contribution is 0.0599. The van der Waals surface area contributed by atoms with Gasteiger partial charge in [-0.3, -0.25) is 4.79 Å². The van der Waals surface area contributed by atoms with Crippen LogP contribution in [-0.2, 0) is 22.4 Å². The van der Waals surface area contributed by atoms with Crippen LogP contribution in [0.3, 0.4) is 0 Å². The predicted molar refractivity (Wildman–Crippen MR) is 107 cm³/mol. The van der Waals surface area contributed by atoms with Crippen molar-refractivity contribution in [1.29, 1.82) is 0 Å². The van der Waals surface area contributed by atoms with Crippen molar-refractivity contribution in [2.75, 3.05) is 38.3 Å². The second-order valence-electron chi connectivity index (χ2n) is 6.77. The summed E-state index contributed by atoms with van der Waals surface area (Å²) in [6.45, 7) is 7.38. The Hall–Kier alpha value is -2.80. The summed E-state index contributed by atoms with van der Waals surface area (Å²) in [6, 6.07) is 8.17. The van der Waals surface area contributed by atoms with Gasteiger partial charge in [-0.2, -0.15) is 0 Å². The number of aromatic amines is 1.